The van der Waals surface area contributed by atoms with E-state index in [1.807, 2.05) is 36.9 Å². The first kappa shape index (κ1) is 21.4. The van der Waals surface area contributed by atoms with Crippen LogP contribution in [0.4, 0.5) is 4.79 Å². The molecule has 0 radical (unpaired) electrons. The first-order chi connectivity index (χ1) is 12.9. The van der Waals surface area contributed by atoms with Crippen molar-refractivity contribution in [1.29, 1.82) is 0 Å². The van der Waals surface area contributed by atoms with Crippen molar-refractivity contribution in [1.82, 2.24) is 10.2 Å². The highest BCUT2D eigenvalue weighted by Gasteiger charge is 2.24. The summed E-state index contributed by atoms with van der Waals surface area (Å²) in [4.78, 5) is 14.4. The lowest BCUT2D eigenvalue weighted by Crippen LogP contribution is -2.46. The lowest BCUT2D eigenvalue weighted by Gasteiger charge is -2.32. The van der Waals surface area contributed by atoms with Gasteiger partial charge in [0.15, 0.2) is 11.5 Å². The van der Waals surface area contributed by atoms with Gasteiger partial charge in [0.1, 0.15) is 0 Å². The van der Waals surface area contributed by atoms with E-state index in [0.717, 1.165) is 43.9 Å². The quantitative estimate of drug-likeness (QED) is 0.743. The van der Waals surface area contributed by atoms with Gasteiger partial charge in [-0.25, -0.2) is 4.79 Å². The lowest BCUT2D eigenvalue weighted by atomic mass is 10.1. The molecule has 1 fully saturated rings. The molecule has 1 aromatic rings. The van der Waals surface area contributed by atoms with Crippen LogP contribution in [0.3, 0.4) is 0 Å². The van der Waals surface area contributed by atoms with E-state index < -0.39 is 0 Å². The molecule has 0 spiro atoms. The van der Waals surface area contributed by atoms with Crippen LogP contribution in [0.1, 0.15) is 52.1 Å². The van der Waals surface area contributed by atoms with E-state index in [-0.39, 0.29) is 18.2 Å². The Kier molecular flexibility index (Phi) is 8.23. The molecule has 1 heterocycles. The third-order valence-electron chi connectivity index (χ3n) is 4.73. The first-order valence-corrected chi connectivity index (χ1v) is 9.92. The number of piperidine rings is 1. The number of carbonyl (C=O) groups is 1. The number of hydrogen-bond donors (Lipinski definition) is 1. The van der Waals surface area contributed by atoms with E-state index in [0.29, 0.717) is 18.3 Å². The average molecular weight is 379 g/mol. The number of hydrogen-bond acceptors (Lipinski definition) is 4. The fraction of sp³-hybridized carbons (Fsp3) is 0.667. The topological polar surface area (TPSA) is 60.0 Å². The largest absolute Gasteiger partial charge is 0.493 e. The molecule has 0 saturated carbocycles. The minimum atomic E-state index is -0.116. The molecule has 1 atom stereocenters. The van der Waals surface area contributed by atoms with Gasteiger partial charge in [0.25, 0.3) is 0 Å². The molecule has 0 bridgehead atoms. The smallest absolute Gasteiger partial charge is 0.317 e. The zero-order valence-electron chi connectivity index (χ0n) is 17.3. The summed E-state index contributed by atoms with van der Waals surface area (Å²) < 4.78 is 16.9. The van der Waals surface area contributed by atoms with Crippen LogP contribution in [-0.4, -0.2) is 50.4 Å². The van der Waals surface area contributed by atoms with Gasteiger partial charge in [-0.15, -0.1) is 0 Å². The first-order valence-electron chi connectivity index (χ1n) is 9.92. The summed E-state index contributed by atoms with van der Waals surface area (Å²) in [7, 11) is 1.63. The normalized spacial score (nSPS) is 16.3. The molecule has 1 N–H and O–H groups in total. The van der Waals surface area contributed by atoms with Gasteiger partial charge in [-0.2, -0.15) is 0 Å². The molecule has 0 aromatic heterocycles. The molecule has 152 valence electrons. The predicted octanol–water partition coefficient (Wildman–Crippen LogP) is 4.00. The summed E-state index contributed by atoms with van der Waals surface area (Å²) in [5.41, 5.74) is 0.987. The molecule has 1 aliphatic heterocycles. The van der Waals surface area contributed by atoms with Gasteiger partial charge in [-0.05, 0) is 50.3 Å². The van der Waals surface area contributed by atoms with E-state index in [1.54, 1.807) is 7.11 Å². The van der Waals surface area contributed by atoms with Crippen molar-refractivity contribution in [2.75, 3.05) is 33.4 Å². The summed E-state index contributed by atoms with van der Waals surface area (Å²) in [5.74, 6) is 1.86. The van der Waals surface area contributed by atoms with Crippen LogP contribution in [0.25, 0.3) is 0 Å². The number of ether oxygens (including phenoxy) is 3. The van der Waals surface area contributed by atoms with Gasteiger partial charge >= 0.3 is 6.03 Å². The van der Waals surface area contributed by atoms with E-state index in [2.05, 4.69) is 19.2 Å². The Labute approximate surface area is 163 Å². The maximum absolute atomic E-state index is 12.6. The van der Waals surface area contributed by atoms with Crippen molar-refractivity contribution < 1.29 is 19.0 Å². The van der Waals surface area contributed by atoms with Crippen LogP contribution in [0, 0.1) is 5.92 Å². The van der Waals surface area contributed by atoms with Crippen LogP contribution in [0.2, 0.25) is 0 Å². The Hall–Kier alpha value is -1.95. The summed E-state index contributed by atoms with van der Waals surface area (Å²) in [5, 5.41) is 3.08. The van der Waals surface area contributed by atoms with Crippen molar-refractivity contribution in [3.8, 4) is 11.5 Å². The van der Waals surface area contributed by atoms with Gasteiger partial charge in [-0.1, -0.05) is 19.9 Å². The SMILES string of the molecule is CCOC1CCN(C(=O)N[C@H](C)c2ccc(OCC(C)C)c(OC)c2)CC1. The molecule has 6 heteroatoms. The molecule has 0 unspecified atom stereocenters. The third kappa shape index (κ3) is 6.31. The van der Waals surface area contributed by atoms with Crippen LogP contribution >= 0.6 is 0 Å². The van der Waals surface area contributed by atoms with Crippen molar-refractivity contribution in [3.05, 3.63) is 23.8 Å². The monoisotopic (exact) mass is 378 g/mol. The molecule has 1 saturated heterocycles. The Morgan fingerprint density at radius 2 is 1.93 bits per heavy atom. The standard InChI is InChI=1S/C21H34N2O4/c1-6-26-18-9-11-23(12-10-18)21(24)22-16(4)17-7-8-19(20(13-17)25-5)27-14-15(2)3/h7-8,13,15-16,18H,6,9-12,14H2,1-5H3,(H,22,24)/t16-/m1/s1. The van der Waals surface area contributed by atoms with E-state index >= 15 is 0 Å². The highest BCUT2D eigenvalue weighted by atomic mass is 16.5. The van der Waals surface area contributed by atoms with Crippen molar-refractivity contribution in [2.24, 2.45) is 5.92 Å². The van der Waals surface area contributed by atoms with Gasteiger partial charge in [-0.3, -0.25) is 0 Å². The molecular formula is C21H34N2O4. The second kappa shape index (κ2) is 10.4. The number of amides is 2. The summed E-state index contributed by atoms with van der Waals surface area (Å²) >= 11 is 0. The number of nitrogens with zero attached hydrogens (tertiary/aromatic N) is 1. The number of methoxy groups -OCH3 is 1. The van der Waals surface area contributed by atoms with Crippen molar-refractivity contribution in [3.63, 3.8) is 0 Å². The molecule has 0 aliphatic carbocycles. The van der Waals surface area contributed by atoms with Gasteiger partial charge in [0.05, 0.1) is 25.9 Å². The number of carbonyl (C=O) groups excluding carboxylic acids is 1. The fourth-order valence-corrected chi connectivity index (χ4v) is 3.15. The number of likely N-dealkylation sites (tertiary alicyclic amines) is 1. The Morgan fingerprint density at radius 3 is 2.52 bits per heavy atom. The number of nitrogens with one attached hydrogen (secondary N) is 1. The highest BCUT2D eigenvalue weighted by Crippen LogP contribution is 2.30. The molecular weight excluding hydrogens is 344 g/mol. The van der Waals surface area contributed by atoms with Crippen LogP contribution in [0.15, 0.2) is 18.2 Å². The van der Waals surface area contributed by atoms with E-state index in [1.165, 1.54) is 0 Å². The van der Waals surface area contributed by atoms with Crippen LogP contribution in [0.5, 0.6) is 11.5 Å². The summed E-state index contributed by atoms with van der Waals surface area (Å²) in [6, 6.07) is 5.67. The van der Waals surface area contributed by atoms with Gasteiger partial charge < -0.3 is 24.4 Å². The Bertz CT molecular complexity index is 598. The second-order valence-electron chi connectivity index (χ2n) is 7.43. The minimum absolute atomic E-state index is 0.0310. The Morgan fingerprint density at radius 1 is 1.22 bits per heavy atom. The minimum Gasteiger partial charge on any atom is -0.493 e. The number of rotatable bonds is 8. The Balaban J connectivity index is 1.93. The van der Waals surface area contributed by atoms with Crippen molar-refractivity contribution >= 4 is 6.03 Å². The zero-order chi connectivity index (χ0) is 19.8. The maximum Gasteiger partial charge on any atom is 0.317 e. The molecule has 1 aliphatic rings. The van der Waals surface area contributed by atoms with Gasteiger partial charge in [0.2, 0.25) is 0 Å². The zero-order valence-corrected chi connectivity index (χ0v) is 17.3. The molecule has 2 amide bonds. The van der Waals surface area contributed by atoms with E-state index in [4.69, 9.17) is 14.2 Å². The van der Waals surface area contributed by atoms with Crippen molar-refractivity contribution in [2.45, 2.75) is 52.7 Å². The van der Waals surface area contributed by atoms with E-state index in [9.17, 15) is 4.79 Å². The number of urea groups is 1. The predicted molar refractivity (Wildman–Crippen MR) is 106 cm³/mol. The van der Waals surface area contributed by atoms with Crippen LogP contribution in [-0.2, 0) is 4.74 Å². The molecule has 2 rings (SSSR count). The second-order valence-corrected chi connectivity index (χ2v) is 7.43. The maximum atomic E-state index is 12.6. The molecule has 27 heavy (non-hydrogen) atoms. The lowest BCUT2D eigenvalue weighted by molar-refractivity contribution is 0.0218. The average Bonchev–Trinajstić information content (AvgIpc) is 2.66. The highest BCUT2D eigenvalue weighted by molar-refractivity contribution is 5.74. The van der Waals surface area contributed by atoms with Gasteiger partial charge in [0, 0.05) is 19.7 Å². The molecule has 6 nitrogen and oxygen atoms in total. The third-order valence-corrected chi connectivity index (χ3v) is 4.73. The fourth-order valence-electron chi connectivity index (χ4n) is 3.15. The van der Waals surface area contributed by atoms with Crippen LogP contribution < -0.4 is 14.8 Å². The summed E-state index contributed by atoms with van der Waals surface area (Å²) in [6.07, 6.45) is 2.07. The summed E-state index contributed by atoms with van der Waals surface area (Å²) in [6.45, 7) is 11.0. The molecule has 1 aromatic carbocycles. The number of benzene rings is 1.